The van der Waals surface area contributed by atoms with Crippen LogP contribution in [0.3, 0.4) is 0 Å². The summed E-state index contributed by atoms with van der Waals surface area (Å²) in [6.45, 7) is 4.15. The second-order valence-corrected chi connectivity index (χ2v) is 3.43. The first-order chi connectivity index (χ1) is 5.42. The summed E-state index contributed by atoms with van der Waals surface area (Å²) in [6.07, 6.45) is -0.981. The molecule has 0 saturated carbocycles. The lowest BCUT2D eigenvalue weighted by molar-refractivity contribution is -0.128. The van der Waals surface area contributed by atoms with Gasteiger partial charge in [-0.2, -0.15) is 13.2 Å². The molecule has 0 heterocycles. The van der Waals surface area contributed by atoms with Crippen LogP contribution in [-0.2, 0) is 0 Å². The maximum absolute atomic E-state index is 11.6. The Bertz CT molecular complexity index is 105. The van der Waals surface area contributed by atoms with Gasteiger partial charge in [0.05, 0.1) is 0 Å². The third kappa shape index (κ3) is 9.79. The van der Waals surface area contributed by atoms with E-state index in [4.69, 9.17) is 0 Å². The molecule has 1 radical (unpaired) electrons. The van der Waals surface area contributed by atoms with E-state index in [2.05, 4.69) is 13.8 Å². The normalized spacial score (nSPS) is 12.5. The molecule has 12 heavy (non-hydrogen) atoms. The van der Waals surface area contributed by atoms with Crippen LogP contribution in [0.15, 0.2) is 0 Å². The number of unbranched alkanes of at least 4 members (excludes halogenated alkanes) is 2. The molecule has 0 aromatic heterocycles. The van der Waals surface area contributed by atoms with Crippen LogP contribution >= 0.6 is 0 Å². The van der Waals surface area contributed by atoms with Crippen molar-refractivity contribution >= 4 is 0 Å². The van der Waals surface area contributed by atoms with Gasteiger partial charge in [-0.1, -0.05) is 26.7 Å². The molecule has 0 spiro atoms. The number of hydrogen-bond acceptors (Lipinski definition) is 0. The molecule has 0 N–H and O–H groups in total. The highest BCUT2D eigenvalue weighted by Gasteiger charge is 2.25. The van der Waals surface area contributed by atoms with E-state index < -0.39 is 12.6 Å². The van der Waals surface area contributed by atoms with Crippen molar-refractivity contribution in [1.82, 2.24) is 0 Å². The smallest absolute Gasteiger partial charge is 0.171 e. The molecular formula is C9H16F3. The lowest BCUT2D eigenvalue weighted by Crippen LogP contribution is -2.06. The van der Waals surface area contributed by atoms with Gasteiger partial charge in [-0.05, 0) is 18.8 Å². The van der Waals surface area contributed by atoms with Crippen LogP contribution in [0.25, 0.3) is 0 Å². The van der Waals surface area contributed by atoms with Crippen LogP contribution in [-0.4, -0.2) is 6.18 Å². The van der Waals surface area contributed by atoms with Gasteiger partial charge in [0.2, 0.25) is 0 Å². The fraction of sp³-hybridized carbons (Fsp3) is 0.889. The number of halogens is 3. The molecule has 0 aliphatic heterocycles. The van der Waals surface area contributed by atoms with Crippen LogP contribution in [0.2, 0.25) is 0 Å². The second kappa shape index (κ2) is 5.44. The number of hydrogen-bond donors (Lipinski definition) is 0. The molecule has 0 fully saturated rings. The van der Waals surface area contributed by atoms with E-state index in [1.54, 1.807) is 0 Å². The Morgan fingerprint density at radius 2 is 1.83 bits per heavy atom. The molecule has 73 valence electrons. The van der Waals surface area contributed by atoms with E-state index in [1.807, 2.05) is 0 Å². The SMILES string of the molecule is CC(C)CCC[CH]CC(F)(F)F. The van der Waals surface area contributed by atoms with E-state index in [0.717, 1.165) is 12.8 Å². The van der Waals surface area contributed by atoms with Crippen molar-refractivity contribution in [2.75, 3.05) is 0 Å². The average molecular weight is 181 g/mol. The molecule has 0 amide bonds. The minimum absolute atomic E-state index is 0.581. The quantitative estimate of drug-likeness (QED) is 0.563. The number of rotatable bonds is 5. The highest BCUT2D eigenvalue weighted by atomic mass is 19.4. The third-order valence-electron chi connectivity index (χ3n) is 1.57. The molecule has 3 heteroatoms. The van der Waals surface area contributed by atoms with Gasteiger partial charge in [0, 0.05) is 6.42 Å². The predicted molar refractivity (Wildman–Crippen MR) is 43.7 cm³/mol. The number of alkyl halides is 3. The summed E-state index contributed by atoms with van der Waals surface area (Å²) in [5, 5.41) is 0. The maximum Gasteiger partial charge on any atom is 0.389 e. The Morgan fingerprint density at radius 1 is 1.25 bits per heavy atom. The van der Waals surface area contributed by atoms with Crippen LogP contribution in [0.1, 0.15) is 39.5 Å². The standard InChI is InChI=1S/C9H16F3/c1-8(2)6-4-3-5-7-9(10,11)12/h5,8H,3-4,6-7H2,1-2H3. The van der Waals surface area contributed by atoms with Crippen molar-refractivity contribution in [3.05, 3.63) is 6.42 Å². The Kier molecular flexibility index (Phi) is 5.34. The van der Waals surface area contributed by atoms with Gasteiger partial charge in [-0.3, -0.25) is 0 Å². The predicted octanol–water partition coefficient (Wildman–Crippen LogP) is 3.97. The summed E-state index contributed by atoms with van der Waals surface area (Å²) in [4.78, 5) is 0. The first-order valence-electron chi connectivity index (χ1n) is 4.30. The Morgan fingerprint density at radius 3 is 2.25 bits per heavy atom. The summed E-state index contributed by atoms with van der Waals surface area (Å²) in [5.74, 6) is 0.587. The fourth-order valence-electron chi connectivity index (χ4n) is 0.936. The molecule has 0 nitrogen and oxygen atoms in total. The van der Waals surface area contributed by atoms with E-state index in [1.165, 1.54) is 6.42 Å². The van der Waals surface area contributed by atoms with Crippen LogP contribution in [0.5, 0.6) is 0 Å². The highest BCUT2D eigenvalue weighted by Crippen LogP contribution is 2.22. The first-order valence-corrected chi connectivity index (χ1v) is 4.30. The van der Waals surface area contributed by atoms with E-state index >= 15 is 0 Å². The van der Waals surface area contributed by atoms with Crippen molar-refractivity contribution < 1.29 is 13.2 Å². The molecule has 0 unspecified atom stereocenters. The van der Waals surface area contributed by atoms with Crippen LogP contribution in [0.4, 0.5) is 13.2 Å². The maximum atomic E-state index is 11.6. The molecule has 0 atom stereocenters. The van der Waals surface area contributed by atoms with Gasteiger partial charge in [-0.15, -0.1) is 0 Å². The van der Waals surface area contributed by atoms with Gasteiger partial charge in [0.15, 0.2) is 0 Å². The van der Waals surface area contributed by atoms with Gasteiger partial charge in [0.1, 0.15) is 0 Å². The second-order valence-electron chi connectivity index (χ2n) is 3.43. The Labute approximate surface area is 72.2 Å². The van der Waals surface area contributed by atoms with Crippen molar-refractivity contribution in [2.45, 2.75) is 45.7 Å². The lowest BCUT2D eigenvalue weighted by Gasteiger charge is -2.06. The Hall–Kier alpha value is -0.210. The largest absolute Gasteiger partial charge is 0.389 e. The van der Waals surface area contributed by atoms with Crippen molar-refractivity contribution in [3.63, 3.8) is 0 Å². The summed E-state index contributed by atoms with van der Waals surface area (Å²) in [6, 6.07) is 0. The molecular weight excluding hydrogens is 165 g/mol. The summed E-state index contributed by atoms with van der Waals surface area (Å²) < 4.78 is 34.8. The molecule has 0 aliphatic carbocycles. The van der Waals surface area contributed by atoms with E-state index in [-0.39, 0.29) is 0 Å². The third-order valence-corrected chi connectivity index (χ3v) is 1.57. The molecule has 0 aliphatic rings. The molecule has 0 aromatic rings. The zero-order valence-electron chi connectivity index (χ0n) is 7.62. The summed E-state index contributed by atoms with van der Waals surface area (Å²) >= 11 is 0. The van der Waals surface area contributed by atoms with Gasteiger partial charge in [0.25, 0.3) is 0 Å². The zero-order valence-corrected chi connectivity index (χ0v) is 7.62. The monoisotopic (exact) mass is 181 g/mol. The van der Waals surface area contributed by atoms with Gasteiger partial charge in [-0.25, -0.2) is 0 Å². The highest BCUT2D eigenvalue weighted by molar-refractivity contribution is 4.69. The summed E-state index contributed by atoms with van der Waals surface area (Å²) in [5.41, 5.74) is 0. The van der Waals surface area contributed by atoms with E-state index in [0.29, 0.717) is 12.3 Å². The Balaban J connectivity index is 3.12. The topological polar surface area (TPSA) is 0 Å². The average Bonchev–Trinajstić information content (AvgIpc) is 1.83. The van der Waals surface area contributed by atoms with E-state index in [9.17, 15) is 13.2 Å². The van der Waals surface area contributed by atoms with Crippen molar-refractivity contribution in [3.8, 4) is 0 Å². The minimum atomic E-state index is -4.02. The minimum Gasteiger partial charge on any atom is -0.171 e. The molecule has 0 rings (SSSR count). The summed E-state index contributed by atoms with van der Waals surface area (Å²) in [7, 11) is 0. The van der Waals surface area contributed by atoms with Gasteiger partial charge >= 0.3 is 6.18 Å². The van der Waals surface area contributed by atoms with Crippen LogP contribution in [0, 0.1) is 12.3 Å². The molecule has 0 saturated heterocycles. The van der Waals surface area contributed by atoms with Crippen molar-refractivity contribution in [1.29, 1.82) is 0 Å². The first kappa shape index (κ1) is 11.8. The zero-order chi connectivity index (χ0) is 9.61. The lowest BCUT2D eigenvalue weighted by atomic mass is 10.0. The molecule has 0 bridgehead atoms. The molecule has 0 aromatic carbocycles. The van der Waals surface area contributed by atoms with Gasteiger partial charge < -0.3 is 0 Å². The van der Waals surface area contributed by atoms with Crippen molar-refractivity contribution in [2.24, 2.45) is 5.92 Å². The fourth-order valence-corrected chi connectivity index (χ4v) is 0.936. The van der Waals surface area contributed by atoms with Crippen LogP contribution < -0.4 is 0 Å².